The first-order chi connectivity index (χ1) is 11.1. The van der Waals surface area contributed by atoms with Gasteiger partial charge >= 0.3 is 5.97 Å². The van der Waals surface area contributed by atoms with Crippen LogP contribution in [0.5, 0.6) is 0 Å². The van der Waals surface area contributed by atoms with Gasteiger partial charge in [-0.1, -0.05) is 22.0 Å². The van der Waals surface area contributed by atoms with Gasteiger partial charge in [0, 0.05) is 15.8 Å². The van der Waals surface area contributed by atoms with Crippen molar-refractivity contribution in [2.24, 2.45) is 0 Å². The normalized spacial score (nSPS) is 10.0. The second-order valence-electron chi connectivity index (χ2n) is 4.71. The van der Waals surface area contributed by atoms with Crippen LogP contribution in [0.15, 0.2) is 53.0 Å². The number of carbonyl (C=O) groups excluding carboxylic acids is 2. The third-order valence-electron chi connectivity index (χ3n) is 2.96. The van der Waals surface area contributed by atoms with Crippen LogP contribution in [0.1, 0.15) is 17.3 Å². The highest BCUT2D eigenvalue weighted by molar-refractivity contribution is 9.10. The first-order valence-electron chi connectivity index (χ1n) is 7.15. The summed E-state index contributed by atoms with van der Waals surface area (Å²) in [6, 6.07) is 14.2. The van der Waals surface area contributed by atoms with Gasteiger partial charge in [-0.25, -0.2) is 4.79 Å². The Morgan fingerprint density at radius 1 is 1.09 bits per heavy atom. The summed E-state index contributed by atoms with van der Waals surface area (Å²) >= 11 is 3.37. The van der Waals surface area contributed by atoms with E-state index in [1.54, 1.807) is 31.2 Å². The lowest BCUT2D eigenvalue weighted by atomic mass is 10.2. The molecule has 2 aromatic rings. The molecule has 6 heteroatoms. The van der Waals surface area contributed by atoms with E-state index in [0.717, 1.165) is 10.2 Å². The molecule has 23 heavy (non-hydrogen) atoms. The minimum absolute atomic E-state index is 0.149. The van der Waals surface area contributed by atoms with Gasteiger partial charge in [-0.2, -0.15) is 0 Å². The number of anilines is 2. The number of halogens is 1. The number of hydrogen-bond acceptors (Lipinski definition) is 4. The Kier molecular flexibility index (Phi) is 6.17. The van der Waals surface area contributed by atoms with Gasteiger partial charge in [0.2, 0.25) is 5.91 Å². The molecule has 0 spiro atoms. The monoisotopic (exact) mass is 376 g/mol. The number of amides is 1. The Bertz CT molecular complexity index is 686. The summed E-state index contributed by atoms with van der Waals surface area (Å²) in [5, 5.41) is 5.80. The van der Waals surface area contributed by atoms with Crippen molar-refractivity contribution in [3.8, 4) is 0 Å². The minimum Gasteiger partial charge on any atom is -0.462 e. The van der Waals surface area contributed by atoms with Crippen LogP contribution in [0.25, 0.3) is 0 Å². The molecule has 0 aliphatic rings. The molecule has 0 aromatic heterocycles. The molecule has 0 atom stereocenters. The van der Waals surface area contributed by atoms with E-state index in [1.807, 2.05) is 24.3 Å². The summed E-state index contributed by atoms with van der Waals surface area (Å²) in [5.41, 5.74) is 1.93. The second-order valence-corrected chi connectivity index (χ2v) is 5.63. The Hall–Kier alpha value is -2.34. The minimum atomic E-state index is -0.373. The highest BCUT2D eigenvalue weighted by atomic mass is 79.9. The molecule has 0 fully saturated rings. The number of benzene rings is 2. The van der Waals surface area contributed by atoms with Gasteiger partial charge in [0.05, 0.1) is 18.7 Å². The highest BCUT2D eigenvalue weighted by Crippen LogP contribution is 2.15. The van der Waals surface area contributed by atoms with Gasteiger partial charge in [-0.15, -0.1) is 0 Å². The predicted molar refractivity (Wildman–Crippen MR) is 93.7 cm³/mol. The van der Waals surface area contributed by atoms with E-state index in [2.05, 4.69) is 26.6 Å². The van der Waals surface area contributed by atoms with E-state index in [4.69, 9.17) is 4.74 Å². The smallest absolute Gasteiger partial charge is 0.338 e. The van der Waals surface area contributed by atoms with E-state index in [1.165, 1.54) is 0 Å². The van der Waals surface area contributed by atoms with Gasteiger partial charge in [0.15, 0.2) is 0 Å². The zero-order valence-corrected chi connectivity index (χ0v) is 14.2. The maximum absolute atomic E-state index is 11.9. The molecule has 0 bridgehead atoms. The molecular formula is C17H17BrN2O3. The van der Waals surface area contributed by atoms with Crippen molar-refractivity contribution in [3.63, 3.8) is 0 Å². The number of nitrogens with one attached hydrogen (secondary N) is 2. The fourth-order valence-corrected chi connectivity index (χ4v) is 2.29. The first-order valence-corrected chi connectivity index (χ1v) is 7.94. The van der Waals surface area contributed by atoms with Gasteiger partial charge in [0.1, 0.15) is 0 Å². The molecule has 120 valence electrons. The molecule has 0 saturated carbocycles. The summed E-state index contributed by atoms with van der Waals surface area (Å²) in [6.07, 6.45) is 0. The topological polar surface area (TPSA) is 67.4 Å². The maximum Gasteiger partial charge on any atom is 0.338 e. The first kappa shape index (κ1) is 17.0. The summed E-state index contributed by atoms with van der Waals surface area (Å²) < 4.78 is 5.85. The Morgan fingerprint density at radius 2 is 1.83 bits per heavy atom. The van der Waals surface area contributed by atoms with Crippen LogP contribution in [-0.4, -0.2) is 25.0 Å². The van der Waals surface area contributed by atoms with Crippen LogP contribution in [0.3, 0.4) is 0 Å². The van der Waals surface area contributed by atoms with Crippen LogP contribution >= 0.6 is 15.9 Å². The molecule has 5 nitrogen and oxygen atoms in total. The van der Waals surface area contributed by atoms with Crippen LogP contribution in [0, 0.1) is 0 Å². The highest BCUT2D eigenvalue weighted by Gasteiger charge is 2.07. The quantitative estimate of drug-likeness (QED) is 0.754. The summed E-state index contributed by atoms with van der Waals surface area (Å²) in [4.78, 5) is 23.5. The zero-order valence-electron chi connectivity index (χ0n) is 12.6. The standard InChI is InChI=1S/C17H17BrN2O3/c1-2-23-17(22)12-6-8-14(9-7-12)20-16(21)11-19-15-5-3-4-13(18)10-15/h3-10,19H,2,11H2,1H3,(H,20,21). The van der Waals surface area contributed by atoms with E-state index < -0.39 is 0 Å². The molecule has 2 rings (SSSR count). The average molecular weight is 377 g/mol. The largest absolute Gasteiger partial charge is 0.462 e. The van der Waals surface area contributed by atoms with Crippen LogP contribution in [0.2, 0.25) is 0 Å². The molecule has 0 aliphatic carbocycles. The Balaban J connectivity index is 1.86. The van der Waals surface area contributed by atoms with E-state index in [0.29, 0.717) is 17.9 Å². The van der Waals surface area contributed by atoms with Gasteiger partial charge < -0.3 is 15.4 Å². The van der Waals surface area contributed by atoms with Gasteiger partial charge in [0.25, 0.3) is 0 Å². The molecule has 0 saturated heterocycles. The third-order valence-corrected chi connectivity index (χ3v) is 3.45. The number of rotatable bonds is 6. The maximum atomic E-state index is 11.9. The molecule has 1 amide bonds. The third kappa shape index (κ3) is 5.41. The number of esters is 1. The zero-order chi connectivity index (χ0) is 16.7. The molecular weight excluding hydrogens is 360 g/mol. The van der Waals surface area contributed by atoms with Crippen molar-refractivity contribution in [3.05, 3.63) is 58.6 Å². The number of carbonyl (C=O) groups is 2. The van der Waals surface area contributed by atoms with E-state index >= 15 is 0 Å². The fraction of sp³-hybridized carbons (Fsp3) is 0.176. The van der Waals surface area contributed by atoms with Gasteiger partial charge in [-0.05, 0) is 49.4 Å². The number of hydrogen-bond donors (Lipinski definition) is 2. The molecule has 0 unspecified atom stereocenters. The Morgan fingerprint density at radius 3 is 2.48 bits per heavy atom. The van der Waals surface area contributed by atoms with Crippen LogP contribution in [-0.2, 0) is 9.53 Å². The lowest BCUT2D eigenvalue weighted by Gasteiger charge is -2.08. The van der Waals surface area contributed by atoms with Crippen molar-refractivity contribution in [2.75, 3.05) is 23.8 Å². The summed E-state index contributed by atoms with van der Waals surface area (Å²) in [7, 11) is 0. The Labute approximate surface area is 143 Å². The summed E-state index contributed by atoms with van der Waals surface area (Å²) in [5.74, 6) is -0.546. The summed E-state index contributed by atoms with van der Waals surface area (Å²) in [6.45, 7) is 2.24. The van der Waals surface area contributed by atoms with Crippen molar-refractivity contribution in [1.82, 2.24) is 0 Å². The molecule has 0 radical (unpaired) electrons. The van der Waals surface area contributed by atoms with Crippen molar-refractivity contribution >= 4 is 39.2 Å². The van der Waals surface area contributed by atoms with Gasteiger partial charge in [-0.3, -0.25) is 4.79 Å². The molecule has 2 aromatic carbocycles. The van der Waals surface area contributed by atoms with E-state index in [9.17, 15) is 9.59 Å². The van der Waals surface area contributed by atoms with Crippen molar-refractivity contribution in [1.29, 1.82) is 0 Å². The number of ether oxygens (including phenoxy) is 1. The molecule has 0 heterocycles. The van der Waals surface area contributed by atoms with Crippen LogP contribution < -0.4 is 10.6 Å². The van der Waals surface area contributed by atoms with Crippen molar-refractivity contribution in [2.45, 2.75) is 6.92 Å². The SMILES string of the molecule is CCOC(=O)c1ccc(NC(=O)CNc2cccc(Br)c2)cc1. The second kappa shape index (κ2) is 8.33. The fourth-order valence-electron chi connectivity index (χ4n) is 1.89. The predicted octanol–water partition coefficient (Wildman–Crippen LogP) is 3.68. The molecule has 0 aliphatic heterocycles. The van der Waals surface area contributed by atoms with Crippen LogP contribution in [0.4, 0.5) is 11.4 Å². The lowest BCUT2D eigenvalue weighted by Crippen LogP contribution is -2.21. The average Bonchev–Trinajstić information content (AvgIpc) is 2.54. The van der Waals surface area contributed by atoms with Crippen molar-refractivity contribution < 1.29 is 14.3 Å². The lowest BCUT2D eigenvalue weighted by molar-refractivity contribution is -0.114. The molecule has 2 N–H and O–H groups in total. The van der Waals surface area contributed by atoms with E-state index in [-0.39, 0.29) is 18.4 Å².